The Kier molecular flexibility index (Phi) is 13.2. The van der Waals surface area contributed by atoms with Gasteiger partial charge in [0.25, 0.3) is 0 Å². The SMILES string of the molecule is CF.COC(F)(F)C(F)(F)C(F)(F)N(F)C(F)F.FC(F)OC(F)F. The van der Waals surface area contributed by atoms with E-state index in [4.69, 9.17) is 0 Å². The molecule has 0 bridgehead atoms. The van der Waals surface area contributed by atoms with Crippen LogP contribution >= 0.6 is 0 Å². The summed E-state index contributed by atoms with van der Waals surface area (Å²) in [6.07, 6.45) is -5.81. The fraction of sp³-hybridized carbons (Fsp3) is 1.00. The Bertz CT molecular complexity index is 333. The van der Waals surface area contributed by atoms with Gasteiger partial charge in [-0.25, -0.2) is 0 Å². The second kappa shape index (κ2) is 11.5. The fourth-order valence-electron chi connectivity index (χ4n) is 0.638. The molecule has 0 aromatic rings. The number of rotatable bonds is 7. The molecule has 0 aliphatic rings. The first-order valence-electron chi connectivity index (χ1n) is 5.06. The molecule has 0 aliphatic carbocycles. The molecule has 25 heavy (non-hydrogen) atoms. The van der Waals surface area contributed by atoms with Gasteiger partial charge in [0.1, 0.15) is 0 Å². The summed E-state index contributed by atoms with van der Waals surface area (Å²) in [5.41, 5.74) is 0. The molecule has 156 valence electrons. The van der Waals surface area contributed by atoms with Gasteiger partial charge in [-0.2, -0.15) is 52.7 Å². The van der Waals surface area contributed by atoms with E-state index < -0.39 is 43.0 Å². The molecule has 0 saturated heterocycles. The van der Waals surface area contributed by atoms with Crippen molar-refractivity contribution in [1.82, 2.24) is 5.12 Å². The second-order valence-electron chi connectivity index (χ2n) is 3.08. The minimum Gasteiger partial charge on any atom is -0.319 e. The summed E-state index contributed by atoms with van der Waals surface area (Å²) in [5, 5.41) is -2.97. The van der Waals surface area contributed by atoms with Crippen LogP contribution in [-0.2, 0) is 9.47 Å². The Labute approximate surface area is 130 Å². The molecule has 0 unspecified atom stereocenters. The van der Waals surface area contributed by atoms with Crippen molar-refractivity contribution in [2.45, 2.75) is 37.8 Å². The number of alkyl halides is 13. The van der Waals surface area contributed by atoms with E-state index in [2.05, 4.69) is 9.47 Å². The number of hydrogen-bond acceptors (Lipinski definition) is 3. The molecule has 0 rings (SSSR count). The summed E-state index contributed by atoms with van der Waals surface area (Å²) in [4.78, 5) is 0. The van der Waals surface area contributed by atoms with Crippen molar-refractivity contribution in [1.29, 1.82) is 0 Å². The topological polar surface area (TPSA) is 21.7 Å². The summed E-state index contributed by atoms with van der Waals surface area (Å²) in [7, 11) is 0.426. The van der Waals surface area contributed by atoms with E-state index in [-0.39, 0.29) is 7.11 Å². The maximum atomic E-state index is 12.4. The van der Waals surface area contributed by atoms with Crippen LogP contribution in [0.5, 0.6) is 0 Å². The highest BCUT2D eigenvalue weighted by molar-refractivity contribution is 4.89. The lowest BCUT2D eigenvalue weighted by molar-refractivity contribution is -0.452. The maximum absolute atomic E-state index is 12.4. The van der Waals surface area contributed by atoms with Gasteiger partial charge in [-0.3, -0.25) is 9.13 Å². The number of halogens is 14. The molecular formula is C8H9F14NO2. The van der Waals surface area contributed by atoms with Crippen LogP contribution in [-0.4, -0.2) is 57.3 Å². The van der Waals surface area contributed by atoms with Crippen LogP contribution in [0.15, 0.2) is 0 Å². The van der Waals surface area contributed by atoms with Crippen molar-refractivity contribution in [2.24, 2.45) is 0 Å². The van der Waals surface area contributed by atoms with Gasteiger partial charge < -0.3 is 4.74 Å². The Balaban J connectivity index is -0.000000450. The molecule has 0 aliphatic heterocycles. The lowest BCUT2D eigenvalue weighted by Crippen LogP contribution is -2.61. The zero-order valence-electron chi connectivity index (χ0n) is 11.8. The zero-order valence-corrected chi connectivity index (χ0v) is 11.8. The van der Waals surface area contributed by atoms with E-state index in [1.165, 1.54) is 0 Å². The van der Waals surface area contributed by atoms with Gasteiger partial charge in [-0.15, -0.1) is 4.48 Å². The molecule has 0 fully saturated rings. The lowest BCUT2D eigenvalue weighted by Gasteiger charge is -2.33. The standard InChI is InChI=1S/C5H4F9NO.C2H2F4O.CH3F/c1-16-5(12,13)3(8,9)4(10,11)15(14)2(6)7;3-1(4)7-2(5)6;1-2/h2H,1H3;1-2H;1H3. The summed E-state index contributed by atoms with van der Waals surface area (Å²) in [6, 6.07) is -6.43. The highest BCUT2D eigenvalue weighted by Gasteiger charge is 2.77. The van der Waals surface area contributed by atoms with Crippen molar-refractivity contribution in [2.75, 3.05) is 14.3 Å². The summed E-state index contributed by atoms with van der Waals surface area (Å²) < 4.78 is 165. The molecule has 0 heterocycles. The average molecular weight is 417 g/mol. The van der Waals surface area contributed by atoms with Gasteiger partial charge >= 0.3 is 37.8 Å². The fourth-order valence-corrected chi connectivity index (χ4v) is 0.638. The van der Waals surface area contributed by atoms with Gasteiger partial charge in [0.05, 0.1) is 7.18 Å². The zero-order chi connectivity index (χ0) is 21.2. The highest BCUT2D eigenvalue weighted by Crippen LogP contribution is 2.48. The molecular weight excluding hydrogens is 408 g/mol. The van der Waals surface area contributed by atoms with Crippen molar-refractivity contribution in [3.05, 3.63) is 0 Å². The van der Waals surface area contributed by atoms with Crippen LogP contribution in [0.4, 0.5) is 61.6 Å². The smallest absolute Gasteiger partial charge is 0.319 e. The third-order valence-electron chi connectivity index (χ3n) is 1.65. The van der Waals surface area contributed by atoms with E-state index in [1.807, 2.05) is 0 Å². The monoisotopic (exact) mass is 417 g/mol. The summed E-state index contributed by atoms with van der Waals surface area (Å²) >= 11 is 0. The number of nitrogens with zero attached hydrogens (tertiary/aromatic N) is 1. The van der Waals surface area contributed by atoms with Crippen LogP contribution < -0.4 is 0 Å². The molecule has 3 nitrogen and oxygen atoms in total. The number of methoxy groups -OCH3 is 1. The van der Waals surface area contributed by atoms with E-state index in [0.29, 0.717) is 7.18 Å². The van der Waals surface area contributed by atoms with E-state index in [0.717, 1.165) is 0 Å². The molecule has 17 heteroatoms. The van der Waals surface area contributed by atoms with Crippen LogP contribution in [0.2, 0.25) is 0 Å². The van der Waals surface area contributed by atoms with Crippen molar-refractivity contribution in [3.63, 3.8) is 0 Å². The van der Waals surface area contributed by atoms with Crippen molar-refractivity contribution in [3.8, 4) is 0 Å². The van der Waals surface area contributed by atoms with Crippen LogP contribution in [0.25, 0.3) is 0 Å². The van der Waals surface area contributed by atoms with Gasteiger partial charge in [0.2, 0.25) is 0 Å². The van der Waals surface area contributed by atoms with Crippen molar-refractivity contribution < 1.29 is 71.0 Å². The molecule has 0 saturated carbocycles. The molecule has 0 aromatic carbocycles. The normalized spacial score (nSPS) is 13.0. The third kappa shape index (κ3) is 8.70. The van der Waals surface area contributed by atoms with Crippen LogP contribution in [0.1, 0.15) is 0 Å². The molecule has 0 aromatic heterocycles. The Hall–Kier alpha value is -1.10. The average Bonchev–Trinajstić information content (AvgIpc) is 2.47. The van der Waals surface area contributed by atoms with Gasteiger partial charge in [0, 0.05) is 7.11 Å². The number of ether oxygens (including phenoxy) is 2. The Morgan fingerprint density at radius 2 is 1.08 bits per heavy atom. The number of hydrogen-bond donors (Lipinski definition) is 0. The first-order valence-corrected chi connectivity index (χ1v) is 5.06. The van der Waals surface area contributed by atoms with Gasteiger partial charge in [-0.05, 0) is 5.12 Å². The van der Waals surface area contributed by atoms with Crippen LogP contribution in [0, 0.1) is 0 Å². The lowest BCUT2D eigenvalue weighted by atomic mass is 10.2. The molecule has 0 spiro atoms. The maximum Gasteiger partial charge on any atom is 0.427 e. The van der Waals surface area contributed by atoms with E-state index in [9.17, 15) is 61.6 Å². The molecule has 0 atom stereocenters. The van der Waals surface area contributed by atoms with Gasteiger partial charge in [0.15, 0.2) is 0 Å². The largest absolute Gasteiger partial charge is 0.427 e. The minimum atomic E-state index is -6.47. The molecule has 0 N–H and O–H groups in total. The first-order chi connectivity index (χ1) is 11.0. The quantitative estimate of drug-likeness (QED) is 0.334. The van der Waals surface area contributed by atoms with Gasteiger partial charge in [-0.1, -0.05) is 0 Å². The predicted octanol–water partition coefficient (Wildman–Crippen LogP) is 4.90. The highest BCUT2D eigenvalue weighted by atomic mass is 19.4. The minimum absolute atomic E-state index is 0.0745. The van der Waals surface area contributed by atoms with E-state index in [1.54, 1.807) is 0 Å². The van der Waals surface area contributed by atoms with E-state index >= 15 is 0 Å². The van der Waals surface area contributed by atoms with Crippen molar-refractivity contribution >= 4 is 0 Å². The third-order valence-corrected chi connectivity index (χ3v) is 1.65. The second-order valence-corrected chi connectivity index (χ2v) is 3.08. The Morgan fingerprint density at radius 1 is 0.760 bits per heavy atom. The van der Waals surface area contributed by atoms with Crippen LogP contribution in [0.3, 0.4) is 0 Å². The first kappa shape index (κ1) is 28.7. The molecule has 0 amide bonds. The predicted molar refractivity (Wildman–Crippen MR) is 50.9 cm³/mol. The summed E-state index contributed by atoms with van der Waals surface area (Å²) in [6.45, 7) is -11.5. The molecule has 0 radical (unpaired) electrons. The summed E-state index contributed by atoms with van der Waals surface area (Å²) in [5.74, 6) is -6.47. The Morgan fingerprint density at radius 3 is 1.24 bits per heavy atom.